The number of nitrogens with zero attached hydrogens (tertiary/aromatic N) is 2. The van der Waals surface area contributed by atoms with Gasteiger partial charge in [0, 0.05) is 13.1 Å². The minimum atomic E-state index is 0.339. The van der Waals surface area contributed by atoms with Gasteiger partial charge in [0.25, 0.3) is 0 Å². The Morgan fingerprint density at radius 1 is 1.28 bits per heavy atom. The van der Waals surface area contributed by atoms with E-state index in [1.165, 1.54) is 25.7 Å². The van der Waals surface area contributed by atoms with Crippen molar-refractivity contribution in [3.63, 3.8) is 0 Å². The molecule has 18 heavy (non-hydrogen) atoms. The third-order valence-corrected chi connectivity index (χ3v) is 4.42. The first-order valence-electron chi connectivity index (χ1n) is 6.35. The van der Waals surface area contributed by atoms with Crippen molar-refractivity contribution in [2.75, 3.05) is 17.7 Å². The zero-order chi connectivity index (χ0) is 13.3. The molecule has 1 aliphatic carbocycles. The molecule has 0 radical (unpaired) electrons. The molecule has 1 aromatic rings. The number of anilines is 2. The fourth-order valence-electron chi connectivity index (χ4n) is 2.75. The minimum absolute atomic E-state index is 0.339. The van der Waals surface area contributed by atoms with Crippen LogP contribution < -0.4 is 10.6 Å². The van der Waals surface area contributed by atoms with E-state index in [0.717, 1.165) is 5.82 Å². The van der Waals surface area contributed by atoms with Crippen LogP contribution in [0.4, 0.5) is 11.6 Å². The Morgan fingerprint density at radius 3 is 2.61 bits per heavy atom. The van der Waals surface area contributed by atoms with E-state index >= 15 is 0 Å². The van der Waals surface area contributed by atoms with Gasteiger partial charge in [-0.3, -0.25) is 0 Å². The van der Waals surface area contributed by atoms with Crippen molar-refractivity contribution in [1.29, 1.82) is 0 Å². The molecule has 1 saturated carbocycles. The number of hydrogen-bond acceptors (Lipinski definition) is 3. The van der Waals surface area contributed by atoms with Crippen molar-refractivity contribution in [2.24, 2.45) is 5.92 Å². The van der Waals surface area contributed by atoms with Crippen molar-refractivity contribution in [3.05, 3.63) is 16.1 Å². The summed E-state index contributed by atoms with van der Waals surface area (Å²) in [5, 5.41) is 0.975. The highest BCUT2D eigenvalue weighted by molar-refractivity contribution is 6.37. The number of aromatic nitrogens is 1. The molecule has 1 heterocycles. The maximum Gasteiger partial charge on any atom is 0.149 e. The second-order valence-electron chi connectivity index (χ2n) is 5.10. The lowest BCUT2D eigenvalue weighted by molar-refractivity contribution is 0.320. The molecule has 0 spiro atoms. The first-order valence-corrected chi connectivity index (χ1v) is 7.10. The molecule has 5 heteroatoms. The van der Waals surface area contributed by atoms with Crippen molar-refractivity contribution in [1.82, 2.24) is 4.98 Å². The minimum Gasteiger partial charge on any atom is -0.382 e. The van der Waals surface area contributed by atoms with E-state index in [2.05, 4.69) is 16.8 Å². The summed E-state index contributed by atoms with van der Waals surface area (Å²) in [4.78, 5) is 6.47. The number of halogens is 2. The summed E-state index contributed by atoms with van der Waals surface area (Å²) in [6, 6.07) is 2.15. The SMILES string of the molecule is CC1CCCCC1N(C)c1nc(N)c(Cl)cc1Cl. The Bertz CT molecular complexity index is 436. The monoisotopic (exact) mass is 287 g/mol. The summed E-state index contributed by atoms with van der Waals surface area (Å²) in [6.07, 6.45) is 5.02. The molecule has 2 atom stereocenters. The van der Waals surface area contributed by atoms with Gasteiger partial charge in [0.2, 0.25) is 0 Å². The Kier molecular flexibility index (Phi) is 4.23. The average Bonchev–Trinajstić information content (AvgIpc) is 2.33. The summed E-state index contributed by atoms with van der Waals surface area (Å²) in [5.41, 5.74) is 5.76. The predicted octanol–water partition coefficient (Wildman–Crippen LogP) is 3.99. The quantitative estimate of drug-likeness (QED) is 0.894. The number of pyridine rings is 1. The van der Waals surface area contributed by atoms with Gasteiger partial charge in [-0.15, -0.1) is 0 Å². The summed E-state index contributed by atoms with van der Waals surface area (Å²) < 4.78 is 0. The van der Waals surface area contributed by atoms with Gasteiger partial charge in [0.15, 0.2) is 0 Å². The molecule has 0 aromatic carbocycles. The molecule has 2 rings (SSSR count). The van der Waals surface area contributed by atoms with Crippen LogP contribution in [0.3, 0.4) is 0 Å². The van der Waals surface area contributed by atoms with Gasteiger partial charge >= 0.3 is 0 Å². The van der Waals surface area contributed by atoms with Crippen molar-refractivity contribution in [3.8, 4) is 0 Å². The molecule has 0 bridgehead atoms. The van der Waals surface area contributed by atoms with E-state index < -0.39 is 0 Å². The van der Waals surface area contributed by atoms with Gasteiger partial charge in [0.1, 0.15) is 11.6 Å². The first-order chi connectivity index (χ1) is 8.50. The predicted molar refractivity (Wildman–Crippen MR) is 78.5 cm³/mol. The molecule has 1 aliphatic rings. The number of hydrogen-bond donors (Lipinski definition) is 1. The molecule has 3 nitrogen and oxygen atoms in total. The van der Waals surface area contributed by atoms with E-state index in [0.29, 0.717) is 27.8 Å². The van der Waals surface area contributed by atoms with E-state index in [-0.39, 0.29) is 0 Å². The lowest BCUT2D eigenvalue weighted by atomic mass is 9.85. The summed E-state index contributed by atoms with van der Waals surface area (Å²) in [6.45, 7) is 2.29. The lowest BCUT2D eigenvalue weighted by Crippen LogP contribution is -2.39. The summed E-state index contributed by atoms with van der Waals surface area (Å²) >= 11 is 12.1. The number of rotatable bonds is 2. The summed E-state index contributed by atoms with van der Waals surface area (Å²) in [5.74, 6) is 1.72. The first kappa shape index (κ1) is 13.8. The number of nitrogen functional groups attached to an aromatic ring is 1. The van der Waals surface area contributed by atoms with Crippen LogP contribution >= 0.6 is 23.2 Å². The second-order valence-corrected chi connectivity index (χ2v) is 5.92. The highest BCUT2D eigenvalue weighted by atomic mass is 35.5. The fourth-order valence-corrected chi connectivity index (χ4v) is 3.24. The molecule has 0 aliphatic heterocycles. The fraction of sp³-hybridized carbons (Fsp3) is 0.615. The Morgan fingerprint density at radius 2 is 1.94 bits per heavy atom. The largest absolute Gasteiger partial charge is 0.382 e. The standard InChI is InChI=1S/C13H19Cl2N3/c1-8-5-3-4-6-11(8)18(2)13-10(15)7-9(14)12(16)17-13/h7-8,11H,3-6H2,1-2H3,(H2,16,17). The van der Waals surface area contributed by atoms with E-state index in [1.54, 1.807) is 6.07 Å². The molecule has 1 fully saturated rings. The topological polar surface area (TPSA) is 42.2 Å². The van der Waals surface area contributed by atoms with Gasteiger partial charge in [-0.25, -0.2) is 4.98 Å². The van der Waals surface area contributed by atoms with Gasteiger partial charge < -0.3 is 10.6 Å². The van der Waals surface area contributed by atoms with Crippen molar-refractivity contribution < 1.29 is 0 Å². The second kappa shape index (κ2) is 5.54. The molecule has 2 unspecified atom stereocenters. The van der Waals surface area contributed by atoms with Crippen molar-refractivity contribution in [2.45, 2.75) is 38.6 Å². The normalized spacial score (nSPS) is 24.0. The van der Waals surface area contributed by atoms with Crippen LogP contribution in [-0.4, -0.2) is 18.1 Å². The van der Waals surface area contributed by atoms with Crippen molar-refractivity contribution >= 4 is 34.8 Å². The van der Waals surface area contributed by atoms with E-state index in [4.69, 9.17) is 28.9 Å². The Hall–Kier alpha value is -0.670. The smallest absolute Gasteiger partial charge is 0.149 e. The number of nitrogens with two attached hydrogens (primary N) is 1. The van der Waals surface area contributed by atoms with Gasteiger partial charge in [-0.05, 0) is 24.8 Å². The molecule has 0 amide bonds. The van der Waals surface area contributed by atoms with Crippen LogP contribution in [-0.2, 0) is 0 Å². The van der Waals surface area contributed by atoms with E-state index in [9.17, 15) is 0 Å². The molecular formula is C13H19Cl2N3. The zero-order valence-corrected chi connectivity index (χ0v) is 12.3. The molecular weight excluding hydrogens is 269 g/mol. The van der Waals surface area contributed by atoms with Gasteiger partial charge in [0.05, 0.1) is 10.0 Å². The maximum absolute atomic E-state index is 6.22. The highest BCUT2D eigenvalue weighted by Gasteiger charge is 2.27. The lowest BCUT2D eigenvalue weighted by Gasteiger charge is -2.37. The van der Waals surface area contributed by atoms with Crippen LogP contribution in [0.25, 0.3) is 0 Å². The highest BCUT2D eigenvalue weighted by Crippen LogP contribution is 2.35. The average molecular weight is 288 g/mol. The van der Waals surface area contributed by atoms with Crippen LogP contribution in [0, 0.1) is 5.92 Å². The van der Waals surface area contributed by atoms with Gasteiger partial charge in [-0.2, -0.15) is 0 Å². The molecule has 2 N–H and O–H groups in total. The molecule has 100 valence electrons. The Balaban J connectivity index is 2.27. The van der Waals surface area contributed by atoms with Gasteiger partial charge in [-0.1, -0.05) is 43.0 Å². The maximum atomic E-state index is 6.22. The van der Waals surface area contributed by atoms with Crippen LogP contribution in [0.5, 0.6) is 0 Å². The summed E-state index contributed by atoms with van der Waals surface area (Å²) in [7, 11) is 2.04. The van der Waals surface area contributed by atoms with Crippen LogP contribution in [0.15, 0.2) is 6.07 Å². The van der Waals surface area contributed by atoms with E-state index in [1.807, 2.05) is 7.05 Å². The third kappa shape index (κ3) is 2.67. The van der Waals surface area contributed by atoms with Crippen LogP contribution in [0.2, 0.25) is 10.0 Å². The Labute approximate surface area is 118 Å². The zero-order valence-electron chi connectivity index (χ0n) is 10.8. The molecule has 0 saturated heterocycles. The van der Waals surface area contributed by atoms with Crippen LogP contribution in [0.1, 0.15) is 32.6 Å². The third-order valence-electron chi connectivity index (χ3n) is 3.84. The molecule has 1 aromatic heterocycles.